The molecular formula is C17H20O2. The van der Waals surface area contributed by atoms with Crippen LogP contribution in [0.3, 0.4) is 0 Å². The number of carbonyl (C=O) groups excluding carboxylic acids is 1. The molecular weight excluding hydrogens is 236 g/mol. The first-order chi connectivity index (χ1) is 9.15. The molecule has 0 saturated heterocycles. The molecule has 0 amide bonds. The molecule has 2 aliphatic rings. The van der Waals surface area contributed by atoms with Gasteiger partial charge in [0.05, 0.1) is 0 Å². The van der Waals surface area contributed by atoms with Gasteiger partial charge in [-0.2, -0.15) is 0 Å². The van der Waals surface area contributed by atoms with Crippen LogP contribution in [0.1, 0.15) is 44.8 Å². The maximum atomic E-state index is 12.2. The number of carbonyl (C=O) groups is 1. The summed E-state index contributed by atoms with van der Waals surface area (Å²) in [6.45, 7) is 4.38. The second-order valence-corrected chi connectivity index (χ2v) is 5.96. The molecule has 0 N–H and O–H groups in total. The van der Waals surface area contributed by atoms with E-state index in [1.165, 1.54) is 5.56 Å². The van der Waals surface area contributed by atoms with Crippen LogP contribution in [0.5, 0.6) is 0 Å². The molecule has 0 aromatic heterocycles. The smallest absolute Gasteiger partial charge is 0.162 e. The average molecular weight is 256 g/mol. The van der Waals surface area contributed by atoms with Crippen molar-refractivity contribution in [3.8, 4) is 0 Å². The Kier molecular flexibility index (Phi) is 3.17. The summed E-state index contributed by atoms with van der Waals surface area (Å²) in [5.41, 5.74) is 2.12. The fourth-order valence-electron chi connectivity index (χ4n) is 3.02. The van der Waals surface area contributed by atoms with Crippen molar-refractivity contribution in [2.24, 2.45) is 11.8 Å². The second-order valence-electron chi connectivity index (χ2n) is 5.96. The van der Waals surface area contributed by atoms with Gasteiger partial charge in [0.2, 0.25) is 0 Å². The molecule has 3 rings (SSSR count). The fourth-order valence-corrected chi connectivity index (χ4v) is 3.02. The van der Waals surface area contributed by atoms with Crippen molar-refractivity contribution in [2.75, 3.05) is 0 Å². The summed E-state index contributed by atoms with van der Waals surface area (Å²) in [5, 5.41) is 0. The molecule has 100 valence electrons. The Morgan fingerprint density at radius 1 is 1.11 bits per heavy atom. The van der Waals surface area contributed by atoms with Crippen LogP contribution < -0.4 is 0 Å². The van der Waals surface area contributed by atoms with Gasteiger partial charge < -0.3 is 4.74 Å². The Balaban J connectivity index is 1.79. The molecule has 0 fully saturated rings. The Bertz CT molecular complexity index is 513. The molecule has 2 unspecified atom stereocenters. The molecule has 0 bridgehead atoms. The minimum absolute atomic E-state index is 0.0427. The van der Waals surface area contributed by atoms with E-state index in [1.54, 1.807) is 0 Å². The maximum Gasteiger partial charge on any atom is 0.162 e. The van der Waals surface area contributed by atoms with Crippen molar-refractivity contribution in [2.45, 2.75) is 39.2 Å². The zero-order valence-electron chi connectivity index (χ0n) is 11.6. The van der Waals surface area contributed by atoms with E-state index in [-0.39, 0.29) is 6.10 Å². The monoisotopic (exact) mass is 256 g/mol. The SMILES string of the molecule is CC(C)C1CC(=O)C2=C(C1)OC(c1ccccc1)C2. The van der Waals surface area contributed by atoms with E-state index in [9.17, 15) is 4.79 Å². The van der Waals surface area contributed by atoms with Crippen molar-refractivity contribution in [3.05, 3.63) is 47.2 Å². The lowest BCUT2D eigenvalue weighted by atomic mass is 9.80. The third-order valence-electron chi connectivity index (χ3n) is 4.36. The summed E-state index contributed by atoms with van der Waals surface area (Å²) in [5.74, 6) is 2.25. The summed E-state index contributed by atoms with van der Waals surface area (Å²) in [7, 11) is 0. The van der Waals surface area contributed by atoms with Crippen molar-refractivity contribution >= 4 is 5.78 Å². The van der Waals surface area contributed by atoms with Crippen LogP contribution in [0, 0.1) is 11.8 Å². The molecule has 1 aromatic carbocycles. The first kappa shape index (κ1) is 12.5. The van der Waals surface area contributed by atoms with E-state index in [0.29, 0.717) is 24.0 Å². The maximum absolute atomic E-state index is 12.2. The summed E-state index contributed by atoms with van der Waals surface area (Å²) in [6, 6.07) is 10.2. The van der Waals surface area contributed by atoms with Gasteiger partial charge in [-0.05, 0) is 17.4 Å². The van der Waals surface area contributed by atoms with Crippen LogP contribution in [0.25, 0.3) is 0 Å². The summed E-state index contributed by atoms with van der Waals surface area (Å²) in [4.78, 5) is 12.2. The molecule has 0 saturated carbocycles. The lowest BCUT2D eigenvalue weighted by Gasteiger charge is -2.25. The first-order valence-electron chi connectivity index (χ1n) is 7.12. The van der Waals surface area contributed by atoms with Crippen LogP contribution in [-0.4, -0.2) is 5.78 Å². The second kappa shape index (κ2) is 4.84. The van der Waals surface area contributed by atoms with Gasteiger partial charge >= 0.3 is 0 Å². The molecule has 19 heavy (non-hydrogen) atoms. The highest BCUT2D eigenvalue weighted by atomic mass is 16.5. The lowest BCUT2D eigenvalue weighted by molar-refractivity contribution is -0.117. The number of hydrogen-bond donors (Lipinski definition) is 0. The summed E-state index contributed by atoms with van der Waals surface area (Å²) in [6.07, 6.45) is 2.42. The van der Waals surface area contributed by atoms with E-state index in [4.69, 9.17) is 4.74 Å². The third-order valence-corrected chi connectivity index (χ3v) is 4.36. The van der Waals surface area contributed by atoms with Gasteiger partial charge in [-0.3, -0.25) is 4.79 Å². The number of hydrogen-bond acceptors (Lipinski definition) is 2. The van der Waals surface area contributed by atoms with E-state index in [2.05, 4.69) is 26.0 Å². The van der Waals surface area contributed by atoms with E-state index < -0.39 is 0 Å². The van der Waals surface area contributed by atoms with Gasteiger partial charge in [0.1, 0.15) is 11.9 Å². The van der Waals surface area contributed by atoms with E-state index in [1.807, 2.05) is 18.2 Å². The Morgan fingerprint density at radius 3 is 2.53 bits per heavy atom. The van der Waals surface area contributed by atoms with Gasteiger partial charge in [-0.15, -0.1) is 0 Å². The van der Waals surface area contributed by atoms with Crippen molar-refractivity contribution in [1.82, 2.24) is 0 Å². The van der Waals surface area contributed by atoms with Gasteiger partial charge in [0.15, 0.2) is 5.78 Å². The summed E-state index contributed by atoms with van der Waals surface area (Å²) < 4.78 is 6.06. The zero-order chi connectivity index (χ0) is 13.4. The average Bonchev–Trinajstić information content (AvgIpc) is 2.84. The van der Waals surface area contributed by atoms with E-state index in [0.717, 1.165) is 24.2 Å². The largest absolute Gasteiger partial charge is 0.489 e. The Hall–Kier alpha value is -1.57. The highest BCUT2D eigenvalue weighted by molar-refractivity contribution is 5.97. The molecule has 2 nitrogen and oxygen atoms in total. The molecule has 1 heterocycles. The Labute approximate surface area is 114 Å². The minimum atomic E-state index is 0.0427. The number of rotatable bonds is 2. The molecule has 1 aliphatic carbocycles. The van der Waals surface area contributed by atoms with Gasteiger partial charge in [-0.1, -0.05) is 44.2 Å². The van der Waals surface area contributed by atoms with Crippen LogP contribution in [0.4, 0.5) is 0 Å². The van der Waals surface area contributed by atoms with Crippen molar-refractivity contribution in [3.63, 3.8) is 0 Å². The molecule has 1 aliphatic heterocycles. The Morgan fingerprint density at radius 2 is 1.84 bits per heavy atom. The molecule has 0 spiro atoms. The van der Waals surface area contributed by atoms with Gasteiger partial charge in [0, 0.05) is 24.8 Å². The molecule has 0 radical (unpaired) electrons. The standard InChI is InChI=1S/C17H20O2/c1-11(2)13-8-15(18)14-10-16(19-17(14)9-13)12-6-4-3-5-7-12/h3-7,11,13,16H,8-10H2,1-2H3. The fraction of sp³-hybridized carbons (Fsp3) is 0.471. The van der Waals surface area contributed by atoms with Crippen LogP contribution in [0.2, 0.25) is 0 Å². The normalized spacial score (nSPS) is 26.6. The van der Waals surface area contributed by atoms with Crippen molar-refractivity contribution in [1.29, 1.82) is 0 Å². The lowest BCUT2D eigenvalue weighted by Crippen LogP contribution is -2.21. The predicted octanol–water partition coefficient (Wildman–Crippen LogP) is 4.04. The van der Waals surface area contributed by atoms with Crippen LogP contribution in [-0.2, 0) is 9.53 Å². The topological polar surface area (TPSA) is 26.3 Å². The van der Waals surface area contributed by atoms with Gasteiger partial charge in [0.25, 0.3) is 0 Å². The molecule has 2 heteroatoms. The first-order valence-corrected chi connectivity index (χ1v) is 7.12. The number of Topliss-reactive ketones (excluding diaryl/α,β-unsaturated/α-hetero) is 1. The molecule has 1 aromatic rings. The highest BCUT2D eigenvalue weighted by Gasteiger charge is 2.37. The van der Waals surface area contributed by atoms with Crippen LogP contribution >= 0.6 is 0 Å². The minimum Gasteiger partial charge on any atom is -0.489 e. The van der Waals surface area contributed by atoms with Gasteiger partial charge in [-0.25, -0.2) is 0 Å². The molecule has 2 atom stereocenters. The summed E-state index contributed by atoms with van der Waals surface area (Å²) >= 11 is 0. The number of ether oxygens (including phenoxy) is 1. The van der Waals surface area contributed by atoms with Crippen molar-refractivity contribution < 1.29 is 9.53 Å². The zero-order valence-corrected chi connectivity index (χ0v) is 11.6. The quantitative estimate of drug-likeness (QED) is 0.798. The third kappa shape index (κ3) is 2.32. The highest BCUT2D eigenvalue weighted by Crippen LogP contribution is 2.44. The number of benzene rings is 1. The predicted molar refractivity (Wildman–Crippen MR) is 74.5 cm³/mol. The van der Waals surface area contributed by atoms with Crippen LogP contribution in [0.15, 0.2) is 41.7 Å². The van der Waals surface area contributed by atoms with E-state index >= 15 is 0 Å². The number of allylic oxidation sites excluding steroid dienone is 1. The number of ketones is 1.